The second-order valence-electron chi connectivity index (χ2n) is 5.09. The van der Waals surface area contributed by atoms with Crippen LogP contribution < -0.4 is 15.5 Å². The second-order valence-corrected chi connectivity index (χ2v) is 6.01. The van der Waals surface area contributed by atoms with E-state index >= 15 is 0 Å². The minimum Gasteiger partial charge on any atom is -0.349 e. The number of amides is 2. The van der Waals surface area contributed by atoms with Crippen molar-refractivity contribution in [1.29, 1.82) is 0 Å². The topological polar surface area (TPSA) is 62.6 Å². The van der Waals surface area contributed by atoms with Gasteiger partial charge in [-0.3, -0.25) is 9.59 Å². The van der Waals surface area contributed by atoms with Crippen molar-refractivity contribution in [3.05, 3.63) is 28.7 Å². The Bertz CT molecular complexity index is 477. The number of benzene rings is 1. The number of likely N-dealkylation sites (N-methyl/N-ethyl adjacent to an activating group) is 1. The van der Waals surface area contributed by atoms with Crippen LogP contribution in [0.25, 0.3) is 0 Å². The molecule has 0 radical (unpaired) electrons. The van der Waals surface area contributed by atoms with E-state index in [1.165, 1.54) is 0 Å². The van der Waals surface area contributed by atoms with Crippen LogP contribution >= 0.6 is 15.9 Å². The first-order chi connectivity index (χ1) is 9.36. The molecule has 2 amide bonds. The molecule has 110 valence electrons. The molecule has 0 bridgehead atoms. The van der Waals surface area contributed by atoms with E-state index in [0.717, 1.165) is 15.1 Å². The molecule has 0 aromatic heterocycles. The van der Waals surface area contributed by atoms with Crippen LogP contribution in [0, 0.1) is 0 Å². The highest BCUT2D eigenvalue weighted by Crippen LogP contribution is 2.15. The minimum atomic E-state index is -0.113. The number of halogens is 1. The maximum Gasteiger partial charge on any atom is 0.279 e. The summed E-state index contributed by atoms with van der Waals surface area (Å²) in [5.41, 5.74) is 0.740. The predicted octanol–water partition coefficient (Wildman–Crippen LogP) is 0.427. The fourth-order valence-corrected chi connectivity index (χ4v) is 2.15. The van der Waals surface area contributed by atoms with Crippen molar-refractivity contribution < 1.29 is 14.5 Å². The number of quaternary nitrogens is 1. The Morgan fingerprint density at radius 3 is 2.50 bits per heavy atom. The van der Waals surface area contributed by atoms with Crippen molar-refractivity contribution >= 4 is 33.4 Å². The molecular weight excluding hydrogens is 322 g/mol. The molecule has 0 spiro atoms. The zero-order valence-electron chi connectivity index (χ0n) is 12.0. The number of carbonyl (C=O) groups is 2. The van der Waals surface area contributed by atoms with Gasteiger partial charge in [0.1, 0.15) is 0 Å². The molecule has 0 saturated heterocycles. The molecule has 0 aliphatic rings. The fourth-order valence-electron chi connectivity index (χ4n) is 1.76. The average molecular weight is 343 g/mol. The van der Waals surface area contributed by atoms with E-state index in [2.05, 4.69) is 26.6 Å². The Hall–Kier alpha value is -1.40. The molecule has 5 nitrogen and oxygen atoms in total. The number of rotatable bonds is 6. The number of carbonyl (C=O) groups excluding carboxylic acids is 2. The smallest absolute Gasteiger partial charge is 0.279 e. The third-order valence-corrected chi connectivity index (χ3v) is 2.98. The molecule has 1 unspecified atom stereocenters. The first-order valence-corrected chi connectivity index (χ1v) is 7.32. The van der Waals surface area contributed by atoms with Crippen LogP contribution in [0.3, 0.4) is 0 Å². The number of hydrogen-bond acceptors (Lipinski definition) is 2. The lowest BCUT2D eigenvalue weighted by molar-refractivity contribution is -0.862. The summed E-state index contributed by atoms with van der Waals surface area (Å²) < 4.78 is 0.910. The van der Waals surface area contributed by atoms with Crippen LogP contribution in [0.2, 0.25) is 0 Å². The van der Waals surface area contributed by atoms with Crippen molar-refractivity contribution in [2.45, 2.75) is 19.9 Å². The van der Waals surface area contributed by atoms with Crippen molar-refractivity contribution in [2.24, 2.45) is 0 Å². The SMILES string of the molecule is CC(C)NC(=O)C[NH+](C)CC(=O)Nc1cccc(Br)c1. The highest BCUT2D eigenvalue weighted by Gasteiger charge is 2.14. The van der Waals surface area contributed by atoms with Gasteiger partial charge in [-0.1, -0.05) is 22.0 Å². The maximum absolute atomic E-state index is 11.9. The number of hydrogen-bond donors (Lipinski definition) is 3. The van der Waals surface area contributed by atoms with E-state index < -0.39 is 0 Å². The summed E-state index contributed by atoms with van der Waals surface area (Å²) in [5, 5.41) is 5.61. The third-order valence-electron chi connectivity index (χ3n) is 2.48. The van der Waals surface area contributed by atoms with Gasteiger partial charge in [0.05, 0.1) is 7.05 Å². The Morgan fingerprint density at radius 1 is 1.25 bits per heavy atom. The molecule has 1 aromatic carbocycles. The van der Waals surface area contributed by atoms with Gasteiger partial charge < -0.3 is 15.5 Å². The summed E-state index contributed by atoms with van der Waals surface area (Å²) in [6.45, 7) is 4.35. The highest BCUT2D eigenvalue weighted by atomic mass is 79.9. The molecule has 0 aliphatic carbocycles. The van der Waals surface area contributed by atoms with Gasteiger partial charge in [-0.05, 0) is 32.0 Å². The summed E-state index contributed by atoms with van der Waals surface area (Å²) in [4.78, 5) is 24.3. The lowest BCUT2D eigenvalue weighted by Crippen LogP contribution is -3.11. The van der Waals surface area contributed by atoms with Crippen LogP contribution in [-0.4, -0.2) is 38.0 Å². The summed E-state index contributed by atoms with van der Waals surface area (Å²) in [7, 11) is 1.82. The lowest BCUT2D eigenvalue weighted by Gasteiger charge is -2.15. The summed E-state index contributed by atoms with van der Waals surface area (Å²) >= 11 is 3.35. The standard InChI is InChI=1S/C14H20BrN3O2/c1-10(2)16-13(19)8-18(3)9-14(20)17-12-6-4-5-11(15)7-12/h4-7,10H,8-9H2,1-3H3,(H,16,19)(H,17,20)/p+1. The monoisotopic (exact) mass is 342 g/mol. The molecule has 1 aromatic rings. The summed E-state index contributed by atoms with van der Waals surface area (Å²) in [6.07, 6.45) is 0. The Kier molecular flexibility index (Phi) is 6.67. The Balaban J connectivity index is 2.40. The van der Waals surface area contributed by atoms with Gasteiger partial charge >= 0.3 is 0 Å². The first kappa shape index (κ1) is 16.7. The van der Waals surface area contributed by atoms with Crippen molar-refractivity contribution in [3.8, 4) is 0 Å². The molecule has 6 heteroatoms. The van der Waals surface area contributed by atoms with E-state index in [1.54, 1.807) is 0 Å². The van der Waals surface area contributed by atoms with E-state index in [1.807, 2.05) is 45.2 Å². The summed E-state index contributed by atoms with van der Waals surface area (Å²) in [6, 6.07) is 7.52. The van der Waals surface area contributed by atoms with Gasteiger partial charge in [0, 0.05) is 16.2 Å². The highest BCUT2D eigenvalue weighted by molar-refractivity contribution is 9.10. The molecule has 1 atom stereocenters. The normalized spacial score (nSPS) is 12.1. The van der Waals surface area contributed by atoms with E-state index in [9.17, 15) is 9.59 Å². The molecule has 0 fully saturated rings. The van der Waals surface area contributed by atoms with E-state index in [-0.39, 0.29) is 30.9 Å². The average Bonchev–Trinajstić information content (AvgIpc) is 2.26. The largest absolute Gasteiger partial charge is 0.349 e. The molecule has 0 heterocycles. The van der Waals surface area contributed by atoms with Crippen LogP contribution in [0.4, 0.5) is 5.69 Å². The molecule has 20 heavy (non-hydrogen) atoms. The maximum atomic E-state index is 11.9. The lowest BCUT2D eigenvalue weighted by atomic mass is 10.3. The second kappa shape index (κ2) is 8.01. The summed E-state index contributed by atoms with van der Waals surface area (Å²) in [5.74, 6) is -0.161. The van der Waals surface area contributed by atoms with Gasteiger partial charge in [0.2, 0.25) is 0 Å². The Labute approximate surface area is 127 Å². The van der Waals surface area contributed by atoms with Gasteiger partial charge in [-0.25, -0.2) is 0 Å². The zero-order valence-corrected chi connectivity index (χ0v) is 13.6. The van der Waals surface area contributed by atoms with Crippen molar-refractivity contribution in [1.82, 2.24) is 5.32 Å². The molecule has 0 aliphatic heterocycles. The fraction of sp³-hybridized carbons (Fsp3) is 0.429. The van der Waals surface area contributed by atoms with Crippen LogP contribution in [0.5, 0.6) is 0 Å². The first-order valence-electron chi connectivity index (χ1n) is 6.53. The van der Waals surface area contributed by atoms with Gasteiger partial charge in [-0.2, -0.15) is 0 Å². The number of nitrogens with one attached hydrogen (secondary N) is 3. The zero-order chi connectivity index (χ0) is 15.1. The minimum absolute atomic E-state index is 0.0484. The Morgan fingerprint density at radius 2 is 1.90 bits per heavy atom. The van der Waals surface area contributed by atoms with Crippen molar-refractivity contribution in [2.75, 3.05) is 25.5 Å². The predicted molar refractivity (Wildman–Crippen MR) is 82.7 cm³/mol. The third kappa shape index (κ3) is 6.68. The van der Waals surface area contributed by atoms with Crippen LogP contribution in [-0.2, 0) is 9.59 Å². The quantitative estimate of drug-likeness (QED) is 0.701. The molecule has 1 rings (SSSR count). The van der Waals surface area contributed by atoms with E-state index in [4.69, 9.17) is 0 Å². The van der Waals surface area contributed by atoms with Gasteiger partial charge in [0.25, 0.3) is 11.8 Å². The van der Waals surface area contributed by atoms with Gasteiger partial charge in [0.15, 0.2) is 13.1 Å². The number of anilines is 1. The van der Waals surface area contributed by atoms with Crippen molar-refractivity contribution in [3.63, 3.8) is 0 Å². The molecular formula is C14H21BrN3O2+. The van der Waals surface area contributed by atoms with Crippen LogP contribution in [0.15, 0.2) is 28.7 Å². The van der Waals surface area contributed by atoms with Gasteiger partial charge in [-0.15, -0.1) is 0 Å². The van der Waals surface area contributed by atoms with Crippen LogP contribution in [0.1, 0.15) is 13.8 Å². The molecule has 3 N–H and O–H groups in total. The molecule has 0 saturated carbocycles. The van der Waals surface area contributed by atoms with E-state index in [0.29, 0.717) is 0 Å².